The van der Waals surface area contributed by atoms with Crippen molar-refractivity contribution in [1.29, 1.82) is 0 Å². The van der Waals surface area contributed by atoms with Crippen molar-refractivity contribution in [1.82, 2.24) is 4.57 Å². The number of ether oxygens (including phenoxy) is 4. The van der Waals surface area contributed by atoms with Crippen LogP contribution in [0.1, 0.15) is 52.2 Å². The number of nitrogens with zero attached hydrogens (tertiary/aromatic N) is 1. The minimum Gasteiger partial charge on any atom is -0.496 e. The van der Waals surface area contributed by atoms with Crippen LogP contribution in [0, 0.1) is 0 Å². The van der Waals surface area contributed by atoms with Gasteiger partial charge in [0.1, 0.15) is 17.1 Å². The number of carbonyl (C=O) groups excluding carboxylic acids is 2. The van der Waals surface area contributed by atoms with Crippen LogP contribution >= 0.6 is 0 Å². The second-order valence-electron chi connectivity index (χ2n) is 10.9. The Morgan fingerprint density at radius 2 is 1.60 bits per heavy atom. The van der Waals surface area contributed by atoms with Gasteiger partial charge in [0.2, 0.25) is 5.43 Å². The van der Waals surface area contributed by atoms with E-state index in [2.05, 4.69) is 0 Å². The fourth-order valence-corrected chi connectivity index (χ4v) is 5.61. The van der Waals surface area contributed by atoms with Crippen molar-refractivity contribution in [3.05, 3.63) is 82.6 Å². The van der Waals surface area contributed by atoms with E-state index in [-0.39, 0.29) is 5.43 Å². The Bertz CT molecular complexity index is 1830. The normalized spacial score (nSPS) is 18.0. The maximum absolute atomic E-state index is 14.2. The molecule has 3 aromatic carbocycles. The summed E-state index contributed by atoms with van der Waals surface area (Å²) in [6, 6.07) is 13.3. The lowest BCUT2D eigenvalue weighted by Crippen LogP contribution is -2.52. The number of pyridine rings is 1. The first kappa shape index (κ1) is 28.9. The lowest BCUT2D eigenvalue weighted by Gasteiger charge is -2.43. The zero-order valence-corrected chi connectivity index (χ0v) is 24.7. The number of aromatic nitrogens is 1. The Kier molecular flexibility index (Phi) is 7.82. The first-order valence-corrected chi connectivity index (χ1v) is 14.1. The first-order chi connectivity index (χ1) is 20.1. The molecule has 0 aliphatic carbocycles. The van der Waals surface area contributed by atoms with Gasteiger partial charge >= 0.3 is 11.9 Å². The first-order valence-electron chi connectivity index (χ1n) is 14.1. The summed E-state index contributed by atoms with van der Waals surface area (Å²) in [6.45, 7) is 7.35. The number of fused-ring (bicyclic) bond motifs is 5. The summed E-state index contributed by atoms with van der Waals surface area (Å²) in [5.41, 5.74) is 0.239. The minimum atomic E-state index is -1.10. The van der Waals surface area contributed by atoms with Crippen molar-refractivity contribution in [2.75, 3.05) is 7.11 Å². The van der Waals surface area contributed by atoms with Crippen LogP contribution in [-0.4, -0.2) is 35.3 Å². The van der Waals surface area contributed by atoms with Crippen molar-refractivity contribution in [2.24, 2.45) is 7.05 Å². The van der Waals surface area contributed by atoms with Crippen LogP contribution in [-0.2, 0) is 26.1 Å². The molecule has 0 bridgehead atoms. The van der Waals surface area contributed by atoms with Gasteiger partial charge in [0.05, 0.1) is 29.1 Å². The summed E-state index contributed by atoms with van der Waals surface area (Å²) in [7, 11) is 3.34. The van der Waals surface area contributed by atoms with Crippen LogP contribution in [0.25, 0.3) is 32.6 Å². The number of hydrogen-bond acceptors (Lipinski definition) is 7. The zero-order valence-electron chi connectivity index (χ0n) is 24.7. The van der Waals surface area contributed by atoms with Crippen molar-refractivity contribution in [3.8, 4) is 11.5 Å². The van der Waals surface area contributed by atoms with Gasteiger partial charge in [0, 0.05) is 30.7 Å². The Labute approximate surface area is 244 Å². The van der Waals surface area contributed by atoms with Crippen LogP contribution in [0.5, 0.6) is 11.5 Å². The van der Waals surface area contributed by atoms with Gasteiger partial charge in [-0.1, -0.05) is 50.3 Å². The predicted octanol–water partition coefficient (Wildman–Crippen LogP) is 6.45. The van der Waals surface area contributed by atoms with E-state index >= 15 is 0 Å². The fraction of sp³-hybridized carbons (Fsp3) is 0.324. The maximum atomic E-state index is 14.2. The monoisotopic (exact) mass is 569 g/mol. The molecular formula is C34H35NO7. The molecule has 218 valence electrons. The van der Waals surface area contributed by atoms with Gasteiger partial charge in [-0.15, -0.1) is 0 Å². The average molecular weight is 570 g/mol. The molecule has 0 saturated carbocycles. The molecule has 4 aromatic rings. The van der Waals surface area contributed by atoms with Crippen LogP contribution in [0.2, 0.25) is 0 Å². The molecule has 8 nitrogen and oxygen atoms in total. The number of esters is 2. The molecule has 0 fully saturated rings. The Morgan fingerprint density at radius 1 is 0.976 bits per heavy atom. The van der Waals surface area contributed by atoms with Crippen molar-refractivity contribution in [3.63, 3.8) is 0 Å². The highest BCUT2D eigenvalue weighted by Gasteiger charge is 2.50. The third-order valence-electron chi connectivity index (χ3n) is 7.60. The molecule has 2 atom stereocenters. The number of allylic oxidation sites excluding steroid dienone is 2. The highest BCUT2D eigenvalue weighted by molar-refractivity contribution is 6.04. The molecule has 0 radical (unpaired) electrons. The van der Waals surface area contributed by atoms with Gasteiger partial charge in [-0.2, -0.15) is 0 Å². The molecule has 0 saturated heterocycles. The van der Waals surface area contributed by atoms with Gasteiger partial charge in [0.15, 0.2) is 12.2 Å². The van der Waals surface area contributed by atoms with E-state index in [4.69, 9.17) is 18.9 Å². The van der Waals surface area contributed by atoms with Crippen LogP contribution in [0.15, 0.2) is 71.6 Å². The van der Waals surface area contributed by atoms with Crippen molar-refractivity contribution >= 4 is 44.5 Å². The SMILES string of the molecule is CCC=CC(=O)O[C@@H]1c2c(cc(OC)c3c(=O)c4cc5ccccc5cc4n(C)c23)OC(C)(C)[C@@H]1OC(=O)C=CCC. The molecule has 0 N–H and O–H groups in total. The van der Waals surface area contributed by atoms with Crippen LogP contribution in [0.4, 0.5) is 0 Å². The number of hydrogen-bond donors (Lipinski definition) is 0. The van der Waals surface area contributed by atoms with Crippen molar-refractivity contribution < 1.29 is 28.5 Å². The number of rotatable bonds is 7. The summed E-state index contributed by atoms with van der Waals surface area (Å²) < 4.78 is 26.1. The summed E-state index contributed by atoms with van der Waals surface area (Å²) in [5.74, 6) is -0.493. The second-order valence-corrected chi connectivity index (χ2v) is 10.9. The van der Waals surface area contributed by atoms with E-state index in [1.165, 1.54) is 19.3 Å². The molecule has 1 aliphatic rings. The highest BCUT2D eigenvalue weighted by Crippen LogP contribution is 2.49. The average Bonchev–Trinajstić information content (AvgIpc) is 2.97. The Hall–Kier alpha value is -4.59. The van der Waals surface area contributed by atoms with E-state index in [0.29, 0.717) is 51.7 Å². The van der Waals surface area contributed by atoms with Gasteiger partial charge in [0.25, 0.3) is 0 Å². The lowest BCUT2D eigenvalue weighted by atomic mass is 9.86. The van der Waals surface area contributed by atoms with E-state index in [1.807, 2.05) is 61.9 Å². The molecule has 2 heterocycles. The molecule has 42 heavy (non-hydrogen) atoms. The third kappa shape index (κ3) is 5.02. The van der Waals surface area contributed by atoms with E-state index in [9.17, 15) is 14.4 Å². The second kappa shape index (κ2) is 11.4. The smallest absolute Gasteiger partial charge is 0.331 e. The highest BCUT2D eigenvalue weighted by atomic mass is 16.6. The Morgan fingerprint density at radius 3 is 2.21 bits per heavy atom. The van der Waals surface area contributed by atoms with E-state index < -0.39 is 29.7 Å². The van der Waals surface area contributed by atoms with Gasteiger partial charge in [-0.05, 0) is 49.6 Å². The third-order valence-corrected chi connectivity index (χ3v) is 7.60. The number of aryl methyl sites for hydroxylation is 1. The summed E-state index contributed by atoms with van der Waals surface area (Å²) in [6.07, 6.45) is 5.26. The van der Waals surface area contributed by atoms with Crippen LogP contribution < -0.4 is 14.9 Å². The lowest BCUT2D eigenvalue weighted by molar-refractivity contribution is -0.184. The topological polar surface area (TPSA) is 93.1 Å². The zero-order chi connectivity index (χ0) is 30.2. The molecule has 1 aromatic heterocycles. The van der Waals surface area contributed by atoms with Gasteiger partial charge in [-0.25, -0.2) is 9.59 Å². The van der Waals surface area contributed by atoms with Crippen molar-refractivity contribution in [2.45, 2.75) is 58.3 Å². The summed E-state index contributed by atoms with van der Waals surface area (Å²) in [4.78, 5) is 40.1. The van der Waals surface area contributed by atoms with Crippen LogP contribution in [0.3, 0.4) is 0 Å². The predicted molar refractivity (Wildman–Crippen MR) is 163 cm³/mol. The molecule has 0 amide bonds. The molecule has 0 unspecified atom stereocenters. The number of benzene rings is 3. The van der Waals surface area contributed by atoms with Gasteiger partial charge in [-0.3, -0.25) is 4.79 Å². The maximum Gasteiger partial charge on any atom is 0.331 e. The van der Waals surface area contributed by atoms with E-state index in [0.717, 1.165) is 10.8 Å². The quantitative estimate of drug-likeness (QED) is 0.143. The Balaban J connectivity index is 1.86. The molecule has 5 rings (SSSR count). The molecule has 1 aliphatic heterocycles. The number of methoxy groups -OCH3 is 1. The summed E-state index contributed by atoms with van der Waals surface area (Å²) >= 11 is 0. The molecule has 0 spiro atoms. The standard InChI is InChI=1S/C34H35NO7/c1-7-9-15-26(36)40-32-29-25(42-34(3,4)33(32)41-27(37)16-10-8-2)19-24(39-6)28-30(29)35(5)23-18-21-14-12-11-13-20(21)17-22(23)31(28)38/h9-19,32-33H,7-8H2,1-6H3/t32-,33-/m1/s1. The number of carbonyl (C=O) groups is 2. The summed E-state index contributed by atoms with van der Waals surface area (Å²) in [5, 5.41) is 2.73. The minimum absolute atomic E-state index is 0.233. The molecule has 8 heteroatoms. The molecular weight excluding hydrogens is 534 g/mol. The largest absolute Gasteiger partial charge is 0.496 e. The van der Waals surface area contributed by atoms with E-state index in [1.54, 1.807) is 32.1 Å². The van der Waals surface area contributed by atoms with Gasteiger partial charge < -0.3 is 23.5 Å². The fourth-order valence-electron chi connectivity index (χ4n) is 5.61.